The Kier molecular flexibility index (Phi) is 11.3. The number of hydrogen-bond acceptors (Lipinski definition) is 2. The molecule has 2 nitrogen and oxygen atoms in total. The second-order valence-corrected chi connectivity index (χ2v) is 20.0. The van der Waals surface area contributed by atoms with Gasteiger partial charge in [-0.05, 0) is 177 Å². The highest BCUT2D eigenvalue weighted by atomic mass is 15.1. The second-order valence-electron chi connectivity index (χ2n) is 20.0. The fourth-order valence-corrected chi connectivity index (χ4v) is 11.7. The summed E-state index contributed by atoms with van der Waals surface area (Å²) in [5.74, 6) is 0.673. The van der Waals surface area contributed by atoms with E-state index in [0.717, 1.165) is 34.0 Å². The first-order valence-electron chi connectivity index (χ1n) is 25.3. The molecule has 0 unspecified atom stereocenters. The fourth-order valence-electron chi connectivity index (χ4n) is 11.7. The van der Waals surface area contributed by atoms with Gasteiger partial charge in [-0.1, -0.05) is 185 Å². The van der Waals surface area contributed by atoms with E-state index in [0.29, 0.717) is 5.92 Å². The van der Waals surface area contributed by atoms with Crippen LogP contribution in [0.5, 0.6) is 0 Å². The van der Waals surface area contributed by atoms with Gasteiger partial charge in [-0.2, -0.15) is 0 Å². The van der Waals surface area contributed by atoms with E-state index >= 15 is 0 Å². The van der Waals surface area contributed by atoms with Gasteiger partial charge in [0.15, 0.2) is 0 Å². The van der Waals surface area contributed by atoms with E-state index < -0.39 is 0 Å². The number of hydrogen-bond donors (Lipinski definition) is 0. The molecular formula is C68H58N2. The van der Waals surface area contributed by atoms with Crippen LogP contribution >= 0.6 is 0 Å². The van der Waals surface area contributed by atoms with Crippen molar-refractivity contribution >= 4 is 44.9 Å². The van der Waals surface area contributed by atoms with Crippen molar-refractivity contribution in [3.63, 3.8) is 0 Å². The molecule has 340 valence electrons. The highest BCUT2D eigenvalue weighted by Gasteiger charge is 2.37. The molecule has 0 heterocycles. The predicted molar refractivity (Wildman–Crippen MR) is 298 cm³/mol. The third kappa shape index (κ3) is 7.98. The van der Waals surface area contributed by atoms with Crippen molar-refractivity contribution in [2.24, 2.45) is 0 Å². The normalized spacial score (nSPS) is 14.0. The predicted octanol–water partition coefficient (Wildman–Crippen LogP) is 19.4. The zero-order chi connectivity index (χ0) is 47.2. The lowest BCUT2D eigenvalue weighted by Crippen LogP contribution is -2.17. The Morgan fingerprint density at radius 1 is 0.371 bits per heavy atom. The molecule has 0 radical (unpaired) electrons. The summed E-state index contributed by atoms with van der Waals surface area (Å²) in [6, 6.07) is 85.7. The smallest absolute Gasteiger partial charge is 0.0546 e. The molecule has 0 saturated heterocycles. The fraction of sp³-hybridized carbons (Fsp3) is 0.147. The molecule has 2 aliphatic rings. The van der Waals surface area contributed by atoms with Gasteiger partial charge in [-0.3, -0.25) is 0 Å². The van der Waals surface area contributed by atoms with Crippen molar-refractivity contribution in [2.75, 3.05) is 9.80 Å². The first-order chi connectivity index (χ1) is 34.4. The van der Waals surface area contributed by atoms with Crippen LogP contribution in [0.2, 0.25) is 0 Å². The number of rotatable bonds is 10. The molecule has 1 fully saturated rings. The van der Waals surface area contributed by atoms with Crippen molar-refractivity contribution in [2.45, 2.75) is 64.2 Å². The molecule has 1 saturated carbocycles. The standard InChI is InChI=1S/C68H58N2/c1-47-19-15-34-64-67(47)62-40-39-61(46-65(62)68(64,2)3)70(66-45-56-25-14-13-24-55(56)44-63(66)50-22-9-5-10-23-50)60-33-18-29-54(43-60)52-27-16-26-51(41-52)53-28-17-32-59(42-53)69(57-30-11-6-12-31-57)58-37-35-49(36-38-58)48-20-7-4-8-21-48/h5-6,9-19,22-46,48H,4,7-8,20-21H2,1-3H3. The molecule has 10 aromatic carbocycles. The van der Waals surface area contributed by atoms with E-state index in [2.05, 4.69) is 261 Å². The van der Waals surface area contributed by atoms with Crippen molar-refractivity contribution in [1.29, 1.82) is 0 Å². The molecule has 12 rings (SSSR count). The molecule has 0 aromatic heterocycles. The van der Waals surface area contributed by atoms with E-state index in [-0.39, 0.29) is 5.41 Å². The minimum Gasteiger partial charge on any atom is -0.310 e. The van der Waals surface area contributed by atoms with Gasteiger partial charge in [0.05, 0.1) is 5.69 Å². The van der Waals surface area contributed by atoms with Crippen molar-refractivity contribution in [1.82, 2.24) is 0 Å². The summed E-state index contributed by atoms with van der Waals surface area (Å²) >= 11 is 0. The molecule has 0 N–H and O–H groups in total. The molecule has 0 amide bonds. The first kappa shape index (κ1) is 43.3. The summed E-state index contributed by atoms with van der Waals surface area (Å²) in [4.78, 5) is 4.89. The topological polar surface area (TPSA) is 6.48 Å². The lowest BCUT2D eigenvalue weighted by Gasteiger charge is -2.30. The second kappa shape index (κ2) is 18.2. The maximum Gasteiger partial charge on any atom is 0.0546 e. The van der Waals surface area contributed by atoms with Crippen LogP contribution in [0, 0.1) is 6.92 Å². The maximum atomic E-state index is 2.50. The summed E-state index contributed by atoms with van der Waals surface area (Å²) in [6.45, 7) is 7.01. The summed E-state index contributed by atoms with van der Waals surface area (Å²) in [5, 5.41) is 2.43. The number of para-hydroxylation sites is 1. The Balaban J connectivity index is 0.957. The van der Waals surface area contributed by atoms with E-state index in [9.17, 15) is 0 Å². The van der Waals surface area contributed by atoms with Crippen molar-refractivity contribution in [3.05, 3.63) is 253 Å². The van der Waals surface area contributed by atoms with Gasteiger partial charge in [0, 0.05) is 39.4 Å². The number of benzene rings is 10. The molecule has 10 aromatic rings. The Labute approximate surface area is 414 Å². The van der Waals surface area contributed by atoms with Crippen LogP contribution in [-0.4, -0.2) is 0 Å². The van der Waals surface area contributed by atoms with Gasteiger partial charge < -0.3 is 9.80 Å². The van der Waals surface area contributed by atoms with Crippen LogP contribution in [0.15, 0.2) is 231 Å². The molecule has 0 atom stereocenters. The summed E-state index contributed by atoms with van der Waals surface area (Å²) in [6.07, 6.45) is 6.64. The number of anilines is 6. The molecule has 0 spiro atoms. The van der Waals surface area contributed by atoms with E-state index in [1.54, 1.807) is 0 Å². The summed E-state index contributed by atoms with van der Waals surface area (Å²) in [5.41, 5.74) is 22.0. The largest absolute Gasteiger partial charge is 0.310 e. The van der Waals surface area contributed by atoms with Crippen LogP contribution < -0.4 is 9.80 Å². The zero-order valence-electron chi connectivity index (χ0n) is 40.4. The lowest BCUT2D eigenvalue weighted by molar-refractivity contribution is 0.443. The molecule has 0 aliphatic heterocycles. The van der Waals surface area contributed by atoms with Crippen molar-refractivity contribution < 1.29 is 0 Å². The molecule has 0 bridgehead atoms. The van der Waals surface area contributed by atoms with Gasteiger partial charge >= 0.3 is 0 Å². The quantitative estimate of drug-likeness (QED) is 0.135. The van der Waals surface area contributed by atoms with Crippen LogP contribution in [0.25, 0.3) is 55.3 Å². The van der Waals surface area contributed by atoms with Crippen molar-refractivity contribution in [3.8, 4) is 44.5 Å². The number of aryl methyl sites for hydroxylation is 1. The van der Waals surface area contributed by atoms with E-state index in [1.165, 1.54) is 110 Å². The Morgan fingerprint density at radius 3 is 1.57 bits per heavy atom. The molecule has 2 heteroatoms. The highest BCUT2D eigenvalue weighted by molar-refractivity contribution is 5.99. The van der Waals surface area contributed by atoms with Crippen LogP contribution in [-0.2, 0) is 5.41 Å². The van der Waals surface area contributed by atoms with Crippen LogP contribution in [0.4, 0.5) is 34.1 Å². The Hall–Kier alpha value is -7.94. The third-order valence-corrected chi connectivity index (χ3v) is 15.3. The Morgan fingerprint density at radius 2 is 0.886 bits per heavy atom. The molecule has 2 aliphatic carbocycles. The number of fused-ring (bicyclic) bond motifs is 4. The van der Waals surface area contributed by atoms with Gasteiger partial charge in [0.25, 0.3) is 0 Å². The molecule has 70 heavy (non-hydrogen) atoms. The van der Waals surface area contributed by atoms with Gasteiger partial charge in [0.2, 0.25) is 0 Å². The van der Waals surface area contributed by atoms with Crippen LogP contribution in [0.3, 0.4) is 0 Å². The summed E-state index contributed by atoms with van der Waals surface area (Å²) in [7, 11) is 0. The average Bonchev–Trinajstić information content (AvgIpc) is 3.65. The van der Waals surface area contributed by atoms with Crippen LogP contribution in [0.1, 0.15) is 74.1 Å². The lowest BCUT2D eigenvalue weighted by atomic mass is 9.82. The minimum absolute atomic E-state index is 0.152. The third-order valence-electron chi connectivity index (χ3n) is 15.3. The summed E-state index contributed by atoms with van der Waals surface area (Å²) < 4.78 is 0. The highest BCUT2D eigenvalue weighted by Crippen LogP contribution is 2.53. The SMILES string of the molecule is Cc1cccc2c1-c1ccc(N(c3cccc(-c4cccc(-c5cccc(N(c6ccccc6)c6ccc(C7CCCCC7)cc6)c5)c4)c3)c3cc4ccccc4cc3-c3ccccc3)cc1C2(C)C. The van der Waals surface area contributed by atoms with Gasteiger partial charge in [-0.25, -0.2) is 0 Å². The molecular weight excluding hydrogens is 845 g/mol. The maximum absolute atomic E-state index is 2.50. The average molecular weight is 903 g/mol. The Bertz CT molecular complexity index is 3510. The minimum atomic E-state index is -0.152. The van der Waals surface area contributed by atoms with Gasteiger partial charge in [0.1, 0.15) is 0 Å². The van der Waals surface area contributed by atoms with E-state index in [4.69, 9.17) is 0 Å². The number of nitrogens with zero attached hydrogens (tertiary/aromatic N) is 2. The van der Waals surface area contributed by atoms with Gasteiger partial charge in [-0.15, -0.1) is 0 Å². The monoisotopic (exact) mass is 902 g/mol. The van der Waals surface area contributed by atoms with E-state index in [1.807, 2.05) is 0 Å². The first-order valence-corrected chi connectivity index (χ1v) is 25.3. The zero-order valence-corrected chi connectivity index (χ0v) is 40.4.